The molecule has 124 valence electrons. The molecule has 0 saturated carbocycles. The van der Waals surface area contributed by atoms with Crippen LogP contribution in [0.5, 0.6) is 0 Å². The van der Waals surface area contributed by atoms with Crippen molar-refractivity contribution >= 4 is 5.91 Å². The van der Waals surface area contributed by atoms with Crippen LogP contribution in [0.2, 0.25) is 0 Å². The van der Waals surface area contributed by atoms with Crippen LogP contribution in [-0.2, 0) is 18.3 Å². The number of furan rings is 1. The molecule has 3 heterocycles. The van der Waals surface area contributed by atoms with Crippen LogP contribution in [0.4, 0.5) is 0 Å². The summed E-state index contributed by atoms with van der Waals surface area (Å²) < 4.78 is 7.35. The molecule has 1 amide bonds. The summed E-state index contributed by atoms with van der Waals surface area (Å²) in [6.45, 7) is 5.50. The van der Waals surface area contributed by atoms with E-state index in [-0.39, 0.29) is 11.9 Å². The summed E-state index contributed by atoms with van der Waals surface area (Å²) in [5, 5.41) is 0. The fraction of sp³-hybridized carbons (Fsp3) is 0.529. The fourth-order valence-corrected chi connectivity index (χ4v) is 3.21. The smallest absolute Gasteiger partial charge is 0.223 e. The summed E-state index contributed by atoms with van der Waals surface area (Å²) >= 11 is 0. The van der Waals surface area contributed by atoms with E-state index >= 15 is 0 Å². The molecule has 0 radical (unpaired) electrons. The standard InChI is InChI=1S/C17H24N4O2/c1-3-20-10-11-21(13-15(20)17-18-8-9-19(17)2)16(22)7-6-14-5-4-12-23-14/h4-5,8-9,12,15H,3,6-7,10-11,13H2,1-2H3/t15-/m0/s1. The first-order chi connectivity index (χ1) is 11.2. The Labute approximate surface area is 136 Å². The summed E-state index contributed by atoms with van der Waals surface area (Å²) in [5.41, 5.74) is 0. The summed E-state index contributed by atoms with van der Waals surface area (Å²) in [6.07, 6.45) is 6.58. The second-order valence-corrected chi connectivity index (χ2v) is 5.96. The van der Waals surface area contributed by atoms with E-state index < -0.39 is 0 Å². The molecule has 1 aliphatic heterocycles. The van der Waals surface area contributed by atoms with Crippen LogP contribution in [0.1, 0.15) is 31.0 Å². The number of hydrogen-bond acceptors (Lipinski definition) is 4. The van der Waals surface area contributed by atoms with Gasteiger partial charge in [0.25, 0.3) is 0 Å². The maximum atomic E-state index is 12.5. The second kappa shape index (κ2) is 7.00. The average Bonchev–Trinajstić information content (AvgIpc) is 3.23. The monoisotopic (exact) mass is 316 g/mol. The van der Waals surface area contributed by atoms with Gasteiger partial charge in [-0.1, -0.05) is 6.92 Å². The molecule has 1 saturated heterocycles. The number of likely N-dealkylation sites (N-methyl/N-ethyl adjacent to an activating group) is 1. The Bertz CT molecular complexity index is 635. The number of aryl methyl sites for hydroxylation is 2. The van der Waals surface area contributed by atoms with Crippen molar-refractivity contribution in [1.29, 1.82) is 0 Å². The minimum Gasteiger partial charge on any atom is -0.469 e. The van der Waals surface area contributed by atoms with Gasteiger partial charge >= 0.3 is 0 Å². The average molecular weight is 316 g/mol. The molecule has 1 aliphatic rings. The topological polar surface area (TPSA) is 54.5 Å². The summed E-state index contributed by atoms with van der Waals surface area (Å²) in [6, 6.07) is 3.94. The molecule has 1 atom stereocenters. The molecule has 0 unspecified atom stereocenters. The highest BCUT2D eigenvalue weighted by atomic mass is 16.3. The maximum Gasteiger partial charge on any atom is 0.223 e. The lowest BCUT2D eigenvalue weighted by Crippen LogP contribution is -2.51. The van der Waals surface area contributed by atoms with E-state index in [4.69, 9.17) is 4.42 Å². The van der Waals surface area contributed by atoms with Gasteiger partial charge in [0.05, 0.1) is 12.3 Å². The molecule has 6 heteroatoms. The first kappa shape index (κ1) is 15.8. The van der Waals surface area contributed by atoms with Crippen molar-refractivity contribution < 1.29 is 9.21 Å². The van der Waals surface area contributed by atoms with Crippen molar-refractivity contribution in [2.45, 2.75) is 25.8 Å². The lowest BCUT2D eigenvalue weighted by molar-refractivity contribution is -0.134. The number of rotatable bonds is 5. The third kappa shape index (κ3) is 3.47. The number of amides is 1. The molecular formula is C17H24N4O2. The first-order valence-electron chi connectivity index (χ1n) is 8.20. The van der Waals surface area contributed by atoms with E-state index in [9.17, 15) is 4.79 Å². The summed E-state index contributed by atoms with van der Waals surface area (Å²) in [7, 11) is 2.01. The predicted octanol–water partition coefficient (Wildman–Crippen LogP) is 1.85. The van der Waals surface area contributed by atoms with Crippen molar-refractivity contribution in [2.24, 2.45) is 7.05 Å². The Morgan fingerprint density at radius 1 is 1.43 bits per heavy atom. The number of hydrogen-bond donors (Lipinski definition) is 0. The van der Waals surface area contributed by atoms with Crippen molar-refractivity contribution in [1.82, 2.24) is 19.4 Å². The number of aromatic nitrogens is 2. The van der Waals surface area contributed by atoms with Crippen molar-refractivity contribution in [3.8, 4) is 0 Å². The molecule has 0 N–H and O–H groups in total. The van der Waals surface area contributed by atoms with Gasteiger partial charge in [0, 0.05) is 51.9 Å². The number of nitrogens with zero attached hydrogens (tertiary/aromatic N) is 4. The Balaban J connectivity index is 1.65. The number of piperazine rings is 1. The minimum absolute atomic E-state index is 0.168. The Morgan fingerprint density at radius 2 is 2.30 bits per heavy atom. The van der Waals surface area contributed by atoms with Gasteiger partial charge in [-0.25, -0.2) is 4.98 Å². The SMILES string of the molecule is CCN1CCN(C(=O)CCc2ccco2)C[C@H]1c1nccn1C. The fourth-order valence-electron chi connectivity index (χ4n) is 3.21. The van der Waals surface area contributed by atoms with E-state index in [0.717, 1.165) is 31.2 Å². The van der Waals surface area contributed by atoms with E-state index in [1.165, 1.54) is 0 Å². The molecule has 23 heavy (non-hydrogen) atoms. The van der Waals surface area contributed by atoms with Gasteiger partial charge < -0.3 is 13.9 Å². The quantitative estimate of drug-likeness (QED) is 0.845. The van der Waals surface area contributed by atoms with Crippen LogP contribution in [0.3, 0.4) is 0 Å². The molecule has 2 aromatic heterocycles. The van der Waals surface area contributed by atoms with Crippen LogP contribution < -0.4 is 0 Å². The molecule has 0 spiro atoms. The molecule has 0 aromatic carbocycles. The highest BCUT2D eigenvalue weighted by molar-refractivity contribution is 5.76. The van der Waals surface area contributed by atoms with Gasteiger partial charge in [-0.2, -0.15) is 0 Å². The Kier molecular flexibility index (Phi) is 4.81. The molecule has 1 fully saturated rings. The third-order valence-electron chi connectivity index (χ3n) is 4.57. The maximum absolute atomic E-state index is 12.5. The zero-order valence-corrected chi connectivity index (χ0v) is 13.8. The molecule has 0 bridgehead atoms. The van der Waals surface area contributed by atoms with E-state index in [1.807, 2.05) is 41.0 Å². The van der Waals surface area contributed by atoms with Crippen molar-refractivity contribution in [3.63, 3.8) is 0 Å². The van der Waals surface area contributed by atoms with Gasteiger partial charge in [-0.05, 0) is 18.7 Å². The van der Waals surface area contributed by atoms with Gasteiger partial charge in [0.2, 0.25) is 5.91 Å². The third-order valence-corrected chi connectivity index (χ3v) is 4.57. The number of carbonyl (C=O) groups is 1. The van der Waals surface area contributed by atoms with Crippen LogP contribution >= 0.6 is 0 Å². The van der Waals surface area contributed by atoms with Crippen LogP contribution in [0.15, 0.2) is 35.2 Å². The zero-order chi connectivity index (χ0) is 16.2. The van der Waals surface area contributed by atoms with Crippen LogP contribution in [0.25, 0.3) is 0 Å². The number of imidazole rings is 1. The lowest BCUT2D eigenvalue weighted by Gasteiger charge is -2.40. The Hall–Kier alpha value is -2.08. The van der Waals surface area contributed by atoms with E-state index in [2.05, 4.69) is 16.8 Å². The summed E-state index contributed by atoms with van der Waals surface area (Å²) in [5.74, 6) is 2.08. The van der Waals surface area contributed by atoms with Crippen LogP contribution in [0, 0.1) is 0 Å². The van der Waals surface area contributed by atoms with Gasteiger partial charge in [-0.15, -0.1) is 0 Å². The van der Waals surface area contributed by atoms with Gasteiger partial charge in [0.1, 0.15) is 11.6 Å². The highest BCUT2D eigenvalue weighted by Gasteiger charge is 2.31. The zero-order valence-electron chi connectivity index (χ0n) is 13.8. The van der Waals surface area contributed by atoms with Gasteiger partial charge in [-0.3, -0.25) is 9.69 Å². The molecule has 3 rings (SSSR count). The highest BCUT2D eigenvalue weighted by Crippen LogP contribution is 2.24. The molecule has 6 nitrogen and oxygen atoms in total. The predicted molar refractivity (Wildman–Crippen MR) is 86.8 cm³/mol. The Morgan fingerprint density at radius 3 is 2.96 bits per heavy atom. The summed E-state index contributed by atoms with van der Waals surface area (Å²) in [4.78, 5) is 21.4. The van der Waals surface area contributed by atoms with E-state index in [1.54, 1.807) is 6.26 Å². The van der Waals surface area contributed by atoms with Gasteiger partial charge in [0.15, 0.2) is 0 Å². The van der Waals surface area contributed by atoms with Crippen molar-refractivity contribution in [3.05, 3.63) is 42.4 Å². The minimum atomic E-state index is 0.168. The van der Waals surface area contributed by atoms with Crippen LogP contribution in [-0.4, -0.2) is 51.4 Å². The molecule has 0 aliphatic carbocycles. The molecular weight excluding hydrogens is 292 g/mol. The largest absolute Gasteiger partial charge is 0.469 e. The molecule has 2 aromatic rings. The van der Waals surface area contributed by atoms with E-state index in [0.29, 0.717) is 19.4 Å². The van der Waals surface area contributed by atoms with Crippen molar-refractivity contribution in [2.75, 3.05) is 26.2 Å². The first-order valence-corrected chi connectivity index (χ1v) is 8.20. The number of carbonyl (C=O) groups excluding carboxylic acids is 1. The second-order valence-electron chi connectivity index (χ2n) is 5.96. The lowest BCUT2D eigenvalue weighted by atomic mass is 10.1. The normalized spacial score (nSPS) is 19.2.